The highest BCUT2D eigenvalue weighted by atomic mass is 14.5. The van der Waals surface area contributed by atoms with Gasteiger partial charge in [-0.2, -0.15) is 0 Å². The van der Waals surface area contributed by atoms with Crippen LogP contribution in [-0.2, 0) is 5.41 Å². The Morgan fingerprint density at radius 1 is 0.424 bits per heavy atom. The van der Waals surface area contributed by atoms with Gasteiger partial charge in [-0.05, 0) is 75.0 Å². The SMILES string of the molecule is Cc1ccc2c(c1)C1(c3ccccc3-c3ccccc3-2)c2ccccc2-c2c(C)cccc21. The van der Waals surface area contributed by atoms with Crippen molar-refractivity contribution >= 4 is 0 Å². The third-order valence-corrected chi connectivity index (χ3v) is 7.69. The molecule has 0 aromatic heterocycles. The van der Waals surface area contributed by atoms with E-state index in [-0.39, 0.29) is 5.41 Å². The monoisotopic (exact) mass is 420 g/mol. The van der Waals surface area contributed by atoms with Crippen molar-refractivity contribution in [3.63, 3.8) is 0 Å². The smallest absolute Gasteiger partial charge is 0.0619 e. The third kappa shape index (κ3) is 2.26. The summed E-state index contributed by atoms with van der Waals surface area (Å²) in [7, 11) is 0. The molecule has 0 heterocycles. The van der Waals surface area contributed by atoms with Crippen LogP contribution in [0.3, 0.4) is 0 Å². The second-order valence-electron chi connectivity index (χ2n) is 9.43. The summed E-state index contributed by atoms with van der Waals surface area (Å²) < 4.78 is 0. The fourth-order valence-electron chi connectivity index (χ4n) is 6.44. The molecule has 33 heavy (non-hydrogen) atoms. The van der Waals surface area contributed by atoms with E-state index in [1.807, 2.05) is 0 Å². The van der Waals surface area contributed by atoms with Crippen LogP contribution in [0.15, 0.2) is 109 Å². The second kappa shape index (κ2) is 6.56. The fourth-order valence-corrected chi connectivity index (χ4v) is 6.44. The Morgan fingerprint density at radius 2 is 0.970 bits per heavy atom. The van der Waals surface area contributed by atoms with Crippen LogP contribution in [0.5, 0.6) is 0 Å². The molecule has 0 amide bonds. The van der Waals surface area contributed by atoms with E-state index in [4.69, 9.17) is 0 Å². The summed E-state index contributed by atoms with van der Waals surface area (Å²) in [6, 6.07) is 40.9. The van der Waals surface area contributed by atoms with Crippen LogP contribution in [0.4, 0.5) is 0 Å². The van der Waals surface area contributed by atoms with Crippen molar-refractivity contribution < 1.29 is 0 Å². The van der Waals surface area contributed by atoms with Gasteiger partial charge in [0.25, 0.3) is 0 Å². The molecule has 0 saturated heterocycles. The predicted molar refractivity (Wildman–Crippen MR) is 138 cm³/mol. The lowest BCUT2D eigenvalue weighted by molar-refractivity contribution is 0.774. The summed E-state index contributed by atoms with van der Waals surface area (Å²) in [5.41, 5.74) is 15.9. The summed E-state index contributed by atoms with van der Waals surface area (Å²) >= 11 is 0. The number of rotatable bonds is 0. The van der Waals surface area contributed by atoms with Crippen LogP contribution in [0.2, 0.25) is 0 Å². The lowest BCUT2D eigenvalue weighted by Gasteiger charge is -2.35. The molecule has 1 spiro atoms. The van der Waals surface area contributed by atoms with Crippen molar-refractivity contribution in [1.29, 1.82) is 0 Å². The van der Waals surface area contributed by atoms with E-state index in [1.54, 1.807) is 0 Å². The maximum atomic E-state index is 2.43. The molecule has 2 aliphatic carbocycles. The van der Waals surface area contributed by atoms with Crippen LogP contribution in [0, 0.1) is 13.8 Å². The summed E-state index contributed by atoms with van der Waals surface area (Å²) in [6.45, 7) is 4.47. The highest BCUT2D eigenvalue weighted by Gasteiger charge is 2.49. The van der Waals surface area contributed by atoms with E-state index in [0.717, 1.165) is 0 Å². The average molecular weight is 421 g/mol. The highest BCUT2D eigenvalue weighted by Crippen LogP contribution is 2.61. The molecule has 1 unspecified atom stereocenters. The Balaban J connectivity index is 1.79. The summed E-state index contributed by atoms with van der Waals surface area (Å²) in [5.74, 6) is 0. The first kappa shape index (κ1) is 18.7. The van der Waals surface area contributed by atoms with E-state index >= 15 is 0 Å². The van der Waals surface area contributed by atoms with E-state index in [2.05, 4.69) is 123 Å². The molecule has 0 aliphatic heterocycles. The molecule has 0 radical (unpaired) electrons. The van der Waals surface area contributed by atoms with Crippen molar-refractivity contribution in [2.45, 2.75) is 19.3 Å². The first-order valence-electron chi connectivity index (χ1n) is 11.7. The normalized spacial score (nSPS) is 16.9. The van der Waals surface area contributed by atoms with Gasteiger partial charge in [0.1, 0.15) is 0 Å². The summed E-state index contributed by atoms with van der Waals surface area (Å²) in [5, 5.41) is 0. The van der Waals surface area contributed by atoms with Gasteiger partial charge in [0.15, 0.2) is 0 Å². The van der Waals surface area contributed by atoms with E-state index in [0.29, 0.717) is 0 Å². The van der Waals surface area contributed by atoms with E-state index < -0.39 is 0 Å². The third-order valence-electron chi connectivity index (χ3n) is 7.69. The lowest BCUT2D eigenvalue weighted by Crippen LogP contribution is -2.29. The minimum absolute atomic E-state index is 0.352. The Bertz CT molecular complexity index is 1590. The van der Waals surface area contributed by atoms with Crippen molar-refractivity contribution in [1.82, 2.24) is 0 Å². The molecule has 5 aromatic carbocycles. The molecule has 7 rings (SSSR count). The zero-order valence-corrected chi connectivity index (χ0v) is 18.9. The molecule has 2 aliphatic rings. The second-order valence-corrected chi connectivity index (χ2v) is 9.43. The molecular weight excluding hydrogens is 396 g/mol. The standard InChI is InChI=1S/C33H24/c1-21-18-19-26-24-12-4-3-11-23(24)25-13-5-7-15-28(25)33(31(26)20-21)29-16-8-6-14-27(29)32-22(2)10-9-17-30(32)33/h3-20H,1-2H3. The minimum atomic E-state index is -0.352. The van der Waals surface area contributed by atoms with Crippen LogP contribution >= 0.6 is 0 Å². The Labute approximate surface area is 195 Å². The molecule has 0 fully saturated rings. The van der Waals surface area contributed by atoms with Crippen LogP contribution < -0.4 is 0 Å². The number of hydrogen-bond donors (Lipinski definition) is 0. The quantitative estimate of drug-likeness (QED) is 0.231. The first-order valence-corrected chi connectivity index (χ1v) is 11.7. The molecule has 0 heteroatoms. The van der Waals surface area contributed by atoms with Gasteiger partial charge in [-0.25, -0.2) is 0 Å². The number of benzene rings is 5. The fraction of sp³-hybridized carbons (Fsp3) is 0.0909. The topological polar surface area (TPSA) is 0 Å². The predicted octanol–water partition coefficient (Wildman–Crippen LogP) is 8.31. The Morgan fingerprint density at radius 3 is 1.70 bits per heavy atom. The Kier molecular flexibility index (Phi) is 3.71. The molecular formula is C33H24. The van der Waals surface area contributed by atoms with Crippen molar-refractivity contribution in [3.8, 4) is 33.4 Å². The lowest BCUT2D eigenvalue weighted by atomic mass is 9.65. The van der Waals surface area contributed by atoms with Gasteiger partial charge in [-0.3, -0.25) is 0 Å². The van der Waals surface area contributed by atoms with Crippen LogP contribution in [0.1, 0.15) is 33.4 Å². The summed E-state index contributed by atoms with van der Waals surface area (Å²) in [4.78, 5) is 0. The van der Waals surface area contributed by atoms with Gasteiger partial charge in [0.2, 0.25) is 0 Å². The number of fused-ring (bicyclic) bond motifs is 12. The molecule has 0 nitrogen and oxygen atoms in total. The minimum Gasteiger partial charge on any atom is -0.0619 e. The molecule has 0 saturated carbocycles. The van der Waals surface area contributed by atoms with Gasteiger partial charge in [0.05, 0.1) is 5.41 Å². The van der Waals surface area contributed by atoms with Gasteiger partial charge >= 0.3 is 0 Å². The van der Waals surface area contributed by atoms with Gasteiger partial charge in [-0.1, -0.05) is 115 Å². The maximum Gasteiger partial charge on any atom is 0.0725 e. The van der Waals surface area contributed by atoms with Gasteiger partial charge in [0, 0.05) is 0 Å². The Hall–Kier alpha value is -3.90. The number of hydrogen-bond acceptors (Lipinski definition) is 0. The number of aryl methyl sites for hydroxylation is 2. The van der Waals surface area contributed by atoms with Crippen molar-refractivity contribution in [2.75, 3.05) is 0 Å². The molecule has 156 valence electrons. The van der Waals surface area contributed by atoms with E-state index in [9.17, 15) is 0 Å². The highest BCUT2D eigenvalue weighted by molar-refractivity contribution is 5.97. The van der Waals surface area contributed by atoms with E-state index in [1.165, 1.54) is 66.8 Å². The van der Waals surface area contributed by atoms with Crippen LogP contribution in [0.25, 0.3) is 33.4 Å². The van der Waals surface area contributed by atoms with Gasteiger partial charge in [-0.15, -0.1) is 0 Å². The zero-order chi connectivity index (χ0) is 22.2. The maximum absolute atomic E-state index is 2.43. The molecule has 1 atom stereocenters. The first-order chi connectivity index (χ1) is 16.2. The van der Waals surface area contributed by atoms with Gasteiger partial charge < -0.3 is 0 Å². The van der Waals surface area contributed by atoms with Crippen molar-refractivity contribution in [2.24, 2.45) is 0 Å². The zero-order valence-electron chi connectivity index (χ0n) is 18.9. The van der Waals surface area contributed by atoms with Crippen molar-refractivity contribution in [3.05, 3.63) is 143 Å². The molecule has 5 aromatic rings. The average Bonchev–Trinajstić information content (AvgIpc) is 3.10. The van der Waals surface area contributed by atoms with Crippen LogP contribution in [-0.4, -0.2) is 0 Å². The summed E-state index contributed by atoms with van der Waals surface area (Å²) in [6.07, 6.45) is 0. The largest absolute Gasteiger partial charge is 0.0725 e. The molecule has 0 N–H and O–H groups in total. The molecule has 0 bridgehead atoms.